The van der Waals surface area contributed by atoms with Crippen LogP contribution in [0.4, 0.5) is 4.39 Å². The third-order valence-corrected chi connectivity index (χ3v) is 4.44. The van der Waals surface area contributed by atoms with E-state index in [1.165, 1.54) is 28.8 Å². The molecule has 0 fully saturated rings. The van der Waals surface area contributed by atoms with E-state index in [1.54, 1.807) is 12.1 Å². The van der Waals surface area contributed by atoms with Crippen molar-refractivity contribution in [1.29, 1.82) is 0 Å². The Bertz CT molecular complexity index is 841. The van der Waals surface area contributed by atoms with E-state index >= 15 is 0 Å². The molecule has 0 saturated carbocycles. The molecule has 0 atom stereocenters. The molecule has 1 aromatic carbocycles. The van der Waals surface area contributed by atoms with E-state index in [-0.39, 0.29) is 5.82 Å². The Morgan fingerprint density at radius 3 is 1.96 bits per heavy atom. The molecule has 0 aliphatic carbocycles. The molecule has 3 aromatic rings. The highest BCUT2D eigenvalue weighted by molar-refractivity contribution is 5.75. The Balaban J connectivity index is 2.17. The fraction of sp³-hybridized carbons (Fsp3) is 0.273. The van der Waals surface area contributed by atoms with Gasteiger partial charge in [0.2, 0.25) is 0 Å². The number of hydrogen-bond donors (Lipinski definition) is 0. The summed E-state index contributed by atoms with van der Waals surface area (Å²) in [5, 5.41) is 0. The third kappa shape index (κ3) is 3.60. The fourth-order valence-corrected chi connectivity index (χ4v) is 3.07. The lowest BCUT2D eigenvalue weighted by molar-refractivity contribution is 0.628. The van der Waals surface area contributed by atoms with Crippen LogP contribution in [-0.2, 0) is 0 Å². The number of halogens is 1. The van der Waals surface area contributed by atoms with Crippen molar-refractivity contribution in [3.05, 3.63) is 71.9 Å². The maximum atomic E-state index is 13.2. The smallest absolute Gasteiger partial charge is 0.123 e. The predicted octanol–water partition coefficient (Wildman–Crippen LogP) is 6.20. The molecule has 0 bridgehead atoms. The van der Waals surface area contributed by atoms with Crippen LogP contribution in [0.3, 0.4) is 0 Å². The molecule has 0 saturated heterocycles. The van der Waals surface area contributed by atoms with E-state index in [2.05, 4.69) is 43.7 Å². The predicted molar refractivity (Wildman–Crippen MR) is 101 cm³/mol. The van der Waals surface area contributed by atoms with Gasteiger partial charge in [0.25, 0.3) is 0 Å². The Hall–Kier alpha value is -2.55. The van der Waals surface area contributed by atoms with Crippen LogP contribution in [0.15, 0.2) is 55.0 Å². The molecule has 0 spiro atoms. The van der Waals surface area contributed by atoms with Gasteiger partial charge in [0, 0.05) is 24.2 Å². The molecule has 2 heterocycles. The van der Waals surface area contributed by atoms with Crippen LogP contribution in [0.25, 0.3) is 22.4 Å². The van der Waals surface area contributed by atoms with Crippen LogP contribution in [0.2, 0.25) is 0 Å². The van der Waals surface area contributed by atoms with E-state index in [0.717, 1.165) is 16.8 Å². The van der Waals surface area contributed by atoms with Gasteiger partial charge in [-0.3, -0.25) is 9.97 Å². The highest BCUT2D eigenvalue weighted by Crippen LogP contribution is 2.36. The lowest BCUT2D eigenvalue weighted by Crippen LogP contribution is -2.01. The summed E-state index contributed by atoms with van der Waals surface area (Å²) in [6.07, 6.45) is 5.75. The Morgan fingerprint density at radius 1 is 0.800 bits per heavy atom. The van der Waals surface area contributed by atoms with Crippen LogP contribution in [0.1, 0.15) is 50.7 Å². The van der Waals surface area contributed by atoms with Crippen molar-refractivity contribution in [3.63, 3.8) is 0 Å². The number of nitrogens with zero attached hydrogens (tertiary/aromatic N) is 2. The zero-order chi connectivity index (χ0) is 18.0. The molecule has 0 N–H and O–H groups in total. The van der Waals surface area contributed by atoms with Gasteiger partial charge in [-0.1, -0.05) is 27.7 Å². The zero-order valence-electron chi connectivity index (χ0n) is 15.1. The summed E-state index contributed by atoms with van der Waals surface area (Å²) >= 11 is 0. The first-order valence-electron chi connectivity index (χ1n) is 8.67. The summed E-state index contributed by atoms with van der Waals surface area (Å²) in [7, 11) is 0. The maximum Gasteiger partial charge on any atom is 0.123 e. The second-order valence-electron chi connectivity index (χ2n) is 6.94. The van der Waals surface area contributed by atoms with Gasteiger partial charge in [-0.25, -0.2) is 4.39 Å². The number of hydrogen-bond acceptors (Lipinski definition) is 2. The van der Waals surface area contributed by atoms with Crippen molar-refractivity contribution in [2.75, 3.05) is 0 Å². The Morgan fingerprint density at radius 2 is 1.40 bits per heavy atom. The van der Waals surface area contributed by atoms with Crippen LogP contribution < -0.4 is 0 Å². The molecular formula is C22H23FN2. The lowest BCUT2D eigenvalue weighted by Gasteiger charge is -2.19. The van der Waals surface area contributed by atoms with E-state index in [1.807, 2.05) is 24.7 Å². The van der Waals surface area contributed by atoms with Crippen molar-refractivity contribution in [2.45, 2.75) is 39.5 Å². The van der Waals surface area contributed by atoms with Gasteiger partial charge >= 0.3 is 0 Å². The summed E-state index contributed by atoms with van der Waals surface area (Å²) in [4.78, 5) is 8.92. The molecule has 3 rings (SSSR count). The molecule has 128 valence electrons. The summed E-state index contributed by atoms with van der Waals surface area (Å²) in [5.74, 6) is 0.519. The summed E-state index contributed by atoms with van der Waals surface area (Å²) in [6, 6.07) is 10.6. The minimum absolute atomic E-state index is 0.238. The van der Waals surface area contributed by atoms with Gasteiger partial charge < -0.3 is 0 Å². The second kappa shape index (κ2) is 7.14. The van der Waals surface area contributed by atoms with Crippen molar-refractivity contribution < 1.29 is 4.39 Å². The number of pyridine rings is 2. The lowest BCUT2D eigenvalue weighted by atomic mass is 9.87. The molecule has 25 heavy (non-hydrogen) atoms. The number of benzene rings is 1. The average molecular weight is 334 g/mol. The normalized spacial score (nSPS) is 11.3. The summed E-state index contributed by atoms with van der Waals surface area (Å²) in [6.45, 7) is 8.75. The molecule has 0 aliphatic rings. The highest BCUT2D eigenvalue weighted by Gasteiger charge is 2.16. The first-order valence-corrected chi connectivity index (χ1v) is 8.67. The topological polar surface area (TPSA) is 25.8 Å². The average Bonchev–Trinajstić information content (AvgIpc) is 2.61. The summed E-state index contributed by atoms with van der Waals surface area (Å²) in [5.41, 5.74) is 6.60. The SMILES string of the molecule is CC(C)c1cncc(C(C)C)c1-c1ccnc(-c2ccc(F)cc2)c1. The van der Waals surface area contributed by atoms with Gasteiger partial charge in [-0.15, -0.1) is 0 Å². The standard InChI is InChI=1S/C22H23FN2/c1-14(2)19-12-24-13-20(15(3)4)22(19)17-9-10-25-21(11-17)16-5-7-18(23)8-6-16/h5-15H,1-4H3. The molecule has 2 aromatic heterocycles. The van der Waals surface area contributed by atoms with Gasteiger partial charge in [-0.2, -0.15) is 0 Å². The van der Waals surface area contributed by atoms with Crippen molar-refractivity contribution >= 4 is 0 Å². The van der Waals surface area contributed by atoms with Crippen molar-refractivity contribution in [3.8, 4) is 22.4 Å². The third-order valence-electron chi connectivity index (χ3n) is 4.44. The van der Waals surface area contributed by atoms with E-state index in [0.29, 0.717) is 11.8 Å². The molecule has 0 aliphatic heterocycles. The maximum absolute atomic E-state index is 13.2. The van der Waals surface area contributed by atoms with E-state index in [9.17, 15) is 4.39 Å². The Kier molecular flexibility index (Phi) is 4.93. The summed E-state index contributed by atoms with van der Waals surface area (Å²) < 4.78 is 13.2. The van der Waals surface area contributed by atoms with E-state index < -0.39 is 0 Å². The van der Waals surface area contributed by atoms with Crippen molar-refractivity contribution in [1.82, 2.24) is 9.97 Å². The highest BCUT2D eigenvalue weighted by atomic mass is 19.1. The van der Waals surface area contributed by atoms with Crippen molar-refractivity contribution in [2.24, 2.45) is 0 Å². The quantitative estimate of drug-likeness (QED) is 0.568. The molecular weight excluding hydrogens is 311 g/mol. The van der Waals surface area contributed by atoms with Gasteiger partial charge in [0.15, 0.2) is 0 Å². The number of rotatable bonds is 4. The largest absolute Gasteiger partial charge is 0.264 e. The number of aromatic nitrogens is 2. The zero-order valence-corrected chi connectivity index (χ0v) is 15.1. The monoisotopic (exact) mass is 334 g/mol. The first kappa shape index (κ1) is 17.3. The van der Waals surface area contributed by atoms with Crippen LogP contribution in [0, 0.1) is 5.82 Å². The van der Waals surface area contributed by atoms with Crippen LogP contribution in [-0.4, -0.2) is 9.97 Å². The minimum atomic E-state index is -0.238. The molecule has 0 amide bonds. The van der Waals surface area contributed by atoms with E-state index in [4.69, 9.17) is 0 Å². The van der Waals surface area contributed by atoms with Gasteiger partial charge in [0.1, 0.15) is 5.82 Å². The van der Waals surface area contributed by atoms with Crippen LogP contribution >= 0.6 is 0 Å². The molecule has 0 radical (unpaired) electrons. The van der Waals surface area contributed by atoms with Gasteiger partial charge in [-0.05, 0) is 70.5 Å². The molecule has 2 nitrogen and oxygen atoms in total. The Labute approximate surface area is 148 Å². The fourth-order valence-electron chi connectivity index (χ4n) is 3.07. The second-order valence-corrected chi connectivity index (χ2v) is 6.94. The molecule has 3 heteroatoms. The van der Waals surface area contributed by atoms with Gasteiger partial charge in [0.05, 0.1) is 5.69 Å². The van der Waals surface area contributed by atoms with Crippen LogP contribution in [0.5, 0.6) is 0 Å². The first-order chi connectivity index (χ1) is 12.0. The molecule has 0 unspecified atom stereocenters. The minimum Gasteiger partial charge on any atom is -0.264 e.